The number of benzene rings is 1. The average molecular weight is 395 g/mol. The van der Waals surface area contributed by atoms with E-state index >= 15 is 0 Å². The molecule has 9 heteroatoms. The smallest absolute Gasteiger partial charge is 0.408 e. The van der Waals surface area contributed by atoms with E-state index in [0.29, 0.717) is 17.1 Å². The van der Waals surface area contributed by atoms with E-state index in [4.69, 9.17) is 10.5 Å². The molecule has 4 rings (SSSR count). The summed E-state index contributed by atoms with van der Waals surface area (Å²) < 4.78 is 5.06. The predicted octanol–water partition coefficient (Wildman–Crippen LogP) is 1.79. The molecular weight excluding hydrogens is 370 g/mol. The molecule has 152 valence electrons. The van der Waals surface area contributed by atoms with Gasteiger partial charge in [0.25, 0.3) is 0 Å². The minimum absolute atomic E-state index is 0.326. The van der Waals surface area contributed by atoms with Crippen LogP contribution in [-0.4, -0.2) is 65.2 Å². The summed E-state index contributed by atoms with van der Waals surface area (Å²) in [5.74, 6) is 1.74. The number of fused-ring (bicyclic) bond motifs is 1. The molecule has 9 nitrogen and oxygen atoms in total. The van der Waals surface area contributed by atoms with Crippen LogP contribution in [0.3, 0.4) is 0 Å². The number of pyridine rings is 1. The number of anilines is 1. The molecule has 2 aromatic heterocycles. The zero-order valence-corrected chi connectivity index (χ0v) is 16.1. The molecular formula is C20H25N7O2. The molecule has 1 aromatic carbocycles. The number of rotatable bonds is 7. The standard InChI is InChI=1S/C20H25N7O2/c21-20(28)29-16-6-1-5-15-17(16)26-19(25-15)14-4-2-7-23-18(14)24-8-3-11-27-12-9-22-10-13-27/h1-2,4-7,22H,3,8-13H2,(H2,21,28)(H,23,24)(H,25,26). The number of carbonyl (C=O) groups excluding carboxylic acids is 1. The van der Waals surface area contributed by atoms with Crippen LogP contribution in [0.1, 0.15) is 6.42 Å². The Morgan fingerprint density at radius 1 is 1.24 bits per heavy atom. The van der Waals surface area contributed by atoms with Gasteiger partial charge in [0.05, 0.1) is 11.1 Å². The van der Waals surface area contributed by atoms with Crippen molar-refractivity contribution in [2.24, 2.45) is 5.73 Å². The van der Waals surface area contributed by atoms with Crippen LogP contribution < -0.4 is 21.1 Å². The Hall–Kier alpha value is -3.17. The molecule has 1 amide bonds. The number of imidazole rings is 1. The number of ether oxygens (including phenoxy) is 1. The van der Waals surface area contributed by atoms with E-state index in [0.717, 1.165) is 62.6 Å². The molecule has 1 fully saturated rings. The van der Waals surface area contributed by atoms with Crippen LogP contribution in [0.25, 0.3) is 22.4 Å². The highest BCUT2D eigenvalue weighted by Gasteiger charge is 2.15. The SMILES string of the molecule is NC(=O)Oc1cccc2[nH]c(-c3cccnc3NCCCN3CCNCC3)nc12. The maximum Gasteiger partial charge on any atom is 0.410 e. The topological polar surface area (TPSA) is 121 Å². The van der Waals surface area contributed by atoms with Gasteiger partial charge in [0.1, 0.15) is 17.2 Å². The second-order valence-electron chi connectivity index (χ2n) is 6.93. The van der Waals surface area contributed by atoms with Gasteiger partial charge >= 0.3 is 6.09 Å². The highest BCUT2D eigenvalue weighted by atomic mass is 16.5. The first kappa shape index (κ1) is 19.2. The number of piperazine rings is 1. The molecule has 29 heavy (non-hydrogen) atoms. The van der Waals surface area contributed by atoms with Gasteiger partial charge in [-0.3, -0.25) is 0 Å². The lowest BCUT2D eigenvalue weighted by Gasteiger charge is -2.27. The molecule has 0 radical (unpaired) electrons. The largest absolute Gasteiger partial charge is 0.410 e. The van der Waals surface area contributed by atoms with Gasteiger partial charge in [-0.1, -0.05) is 6.07 Å². The Labute approximate surface area is 168 Å². The molecule has 1 aliphatic heterocycles. The van der Waals surface area contributed by atoms with Crippen molar-refractivity contribution >= 4 is 22.9 Å². The normalized spacial score (nSPS) is 14.8. The molecule has 1 aliphatic rings. The lowest BCUT2D eigenvalue weighted by atomic mass is 10.2. The van der Waals surface area contributed by atoms with Crippen LogP contribution in [-0.2, 0) is 0 Å². The first-order chi connectivity index (χ1) is 14.2. The summed E-state index contributed by atoms with van der Waals surface area (Å²) in [6.07, 6.45) is 1.93. The van der Waals surface area contributed by atoms with E-state index in [2.05, 4.69) is 30.5 Å². The maximum absolute atomic E-state index is 11.1. The maximum atomic E-state index is 11.1. The van der Waals surface area contributed by atoms with Crippen molar-refractivity contribution in [1.82, 2.24) is 25.2 Å². The van der Waals surface area contributed by atoms with E-state index in [1.807, 2.05) is 18.2 Å². The Kier molecular flexibility index (Phi) is 5.87. The lowest BCUT2D eigenvalue weighted by Crippen LogP contribution is -2.44. The summed E-state index contributed by atoms with van der Waals surface area (Å²) in [6.45, 7) is 6.21. The van der Waals surface area contributed by atoms with E-state index in [9.17, 15) is 4.79 Å². The van der Waals surface area contributed by atoms with Crippen LogP contribution in [0.15, 0.2) is 36.5 Å². The summed E-state index contributed by atoms with van der Waals surface area (Å²) in [6, 6.07) is 9.14. The monoisotopic (exact) mass is 395 g/mol. The highest BCUT2D eigenvalue weighted by Crippen LogP contribution is 2.30. The number of hydrogen-bond acceptors (Lipinski definition) is 7. The number of para-hydroxylation sites is 1. The van der Waals surface area contributed by atoms with Gasteiger partial charge in [-0.15, -0.1) is 0 Å². The summed E-state index contributed by atoms with van der Waals surface area (Å²) >= 11 is 0. The number of amides is 1. The third kappa shape index (κ3) is 4.64. The third-order valence-electron chi connectivity index (χ3n) is 4.90. The molecule has 0 aliphatic carbocycles. The third-order valence-corrected chi connectivity index (χ3v) is 4.90. The Morgan fingerprint density at radius 2 is 2.10 bits per heavy atom. The molecule has 3 heterocycles. The number of aromatic amines is 1. The molecule has 1 saturated heterocycles. The molecule has 0 atom stereocenters. The van der Waals surface area contributed by atoms with Gasteiger partial charge in [-0.05, 0) is 37.2 Å². The number of nitrogens with zero attached hydrogens (tertiary/aromatic N) is 3. The first-order valence-corrected chi connectivity index (χ1v) is 9.79. The van der Waals surface area contributed by atoms with Crippen molar-refractivity contribution in [3.63, 3.8) is 0 Å². The quantitative estimate of drug-likeness (QED) is 0.450. The van der Waals surface area contributed by atoms with Crippen molar-refractivity contribution < 1.29 is 9.53 Å². The summed E-state index contributed by atoms with van der Waals surface area (Å²) in [5, 5.41) is 6.79. The van der Waals surface area contributed by atoms with Gasteiger partial charge < -0.3 is 31.0 Å². The van der Waals surface area contributed by atoms with E-state index in [1.54, 1.807) is 18.3 Å². The zero-order valence-electron chi connectivity index (χ0n) is 16.1. The van der Waals surface area contributed by atoms with Gasteiger partial charge in [0.15, 0.2) is 5.75 Å². The summed E-state index contributed by atoms with van der Waals surface area (Å²) in [5.41, 5.74) is 7.32. The molecule has 0 spiro atoms. The van der Waals surface area contributed by atoms with Crippen LogP contribution in [0.4, 0.5) is 10.6 Å². The lowest BCUT2D eigenvalue weighted by molar-refractivity contribution is 0.211. The van der Waals surface area contributed by atoms with Gasteiger partial charge in [-0.2, -0.15) is 0 Å². The fourth-order valence-corrected chi connectivity index (χ4v) is 3.51. The number of nitrogens with two attached hydrogens (primary N) is 1. The fourth-order valence-electron chi connectivity index (χ4n) is 3.51. The molecule has 0 bridgehead atoms. The van der Waals surface area contributed by atoms with Crippen molar-refractivity contribution in [3.8, 4) is 17.1 Å². The second-order valence-corrected chi connectivity index (χ2v) is 6.93. The van der Waals surface area contributed by atoms with Crippen LogP contribution in [0.5, 0.6) is 5.75 Å². The molecule has 5 N–H and O–H groups in total. The number of hydrogen-bond donors (Lipinski definition) is 4. The van der Waals surface area contributed by atoms with E-state index in [1.165, 1.54) is 0 Å². The van der Waals surface area contributed by atoms with Crippen molar-refractivity contribution in [2.75, 3.05) is 44.6 Å². The molecule has 3 aromatic rings. The van der Waals surface area contributed by atoms with Crippen LogP contribution in [0, 0.1) is 0 Å². The first-order valence-electron chi connectivity index (χ1n) is 9.79. The van der Waals surface area contributed by atoms with Crippen molar-refractivity contribution in [1.29, 1.82) is 0 Å². The average Bonchev–Trinajstić information content (AvgIpc) is 3.17. The predicted molar refractivity (Wildman–Crippen MR) is 112 cm³/mol. The molecule has 0 saturated carbocycles. The summed E-state index contributed by atoms with van der Waals surface area (Å²) in [7, 11) is 0. The molecule has 0 unspecified atom stereocenters. The fraction of sp³-hybridized carbons (Fsp3) is 0.350. The summed E-state index contributed by atoms with van der Waals surface area (Å²) in [4.78, 5) is 26.0. The van der Waals surface area contributed by atoms with Gasteiger partial charge in [-0.25, -0.2) is 14.8 Å². The van der Waals surface area contributed by atoms with Gasteiger partial charge in [0.2, 0.25) is 0 Å². The van der Waals surface area contributed by atoms with Crippen molar-refractivity contribution in [3.05, 3.63) is 36.5 Å². The van der Waals surface area contributed by atoms with E-state index in [-0.39, 0.29) is 0 Å². The van der Waals surface area contributed by atoms with Crippen molar-refractivity contribution in [2.45, 2.75) is 6.42 Å². The minimum atomic E-state index is -0.865. The number of primary amides is 1. The number of H-pyrrole nitrogens is 1. The Balaban J connectivity index is 1.48. The highest BCUT2D eigenvalue weighted by molar-refractivity contribution is 5.88. The number of aromatic nitrogens is 3. The van der Waals surface area contributed by atoms with Crippen LogP contribution >= 0.6 is 0 Å². The van der Waals surface area contributed by atoms with Crippen LogP contribution in [0.2, 0.25) is 0 Å². The Morgan fingerprint density at radius 3 is 2.93 bits per heavy atom. The number of nitrogens with one attached hydrogen (secondary N) is 3. The second kappa shape index (κ2) is 8.89. The Bertz CT molecular complexity index is 982. The zero-order chi connectivity index (χ0) is 20.1. The minimum Gasteiger partial charge on any atom is -0.408 e. The number of carbonyl (C=O) groups is 1. The van der Waals surface area contributed by atoms with Gasteiger partial charge in [0, 0.05) is 38.9 Å². The van der Waals surface area contributed by atoms with E-state index < -0.39 is 6.09 Å².